The fourth-order valence-corrected chi connectivity index (χ4v) is 6.53. The fraction of sp³-hybridized carbons (Fsp3) is 0.448. The van der Waals surface area contributed by atoms with Crippen LogP contribution >= 0.6 is 12.2 Å². The maximum absolute atomic E-state index is 13.4. The predicted octanol–water partition coefficient (Wildman–Crippen LogP) is 6.20. The minimum atomic E-state index is -4.44. The van der Waals surface area contributed by atoms with Gasteiger partial charge < -0.3 is 15.7 Å². The Labute approximate surface area is 226 Å². The van der Waals surface area contributed by atoms with Crippen LogP contribution in [0.5, 0.6) is 0 Å². The first-order chi connectivity index (χ1) is 18.2. The molecule has 38 heavy (non-hydrogen) atoms. The predicted molar refractivity (Wildman–Crippen MR) is 148 cm³/mol. The Morgan fingerprint density at radius 1 is 1.21 bits per heavy atom. The number of hydrogen-bond donors (Lipinski definition) is 3. The van der Waals surface area contributed by atoms with Crippen molar-refractivity contribution in [1.29, 1.82) is 0 Å². The summed E-state index contributed by atoms with van der Waals surface area (Å²) in [6, 6.07) is 11.6. The Bertz CT molecular complexity index is 1330. The molecule has 3 N–H and O–H groups in total. The molecule has 6 rings (SSSR count). The van der Waals surface area contributed by atoms with Crippen molar-refractivity contribution in [2.75, 3.05) is 18.4 Å². The summed E-state index contributed by atoms with van der Waals surface area (Å²) in [6.45, 7) is 5.86. The number of benzene rings is 2. The zero-order chi connectivity index (χ0) is 27.0. The van der Waals surface area contributed by atoms with Crippen LogP contribution in [-0.2, 0) is 12.8 Å². The zero-order valence-corrected chi connectivity index (χ0v) is 22.4. The summed E-state index contributed by atoms with van der Waals surface area (Å²) < 4.78 is 40.2. The topological polar surface area (TPSA) is 60.4 Å². The van der Waals surface area contributed by atoms with Crippen molar-refractivity contribution in [1.82, 2.24) is 15.2 Å². The van der Waals surface area contributed by atoms with E-state index in [-0.39, 0.29) is 23.8 Å². The SMILES string of the molecule is CCC1CN2CCC1CC2[C@H](NC(=S)Nc1cc(C)cc(C(F)(F)F)c1)c1ccnc2ccc(CO)cc12. The number of pyridine rings is 1. The number of aliphatic hydroxyl groups is 1. The summed E-state index contributed by atoms with van der Waals surface area (Å²) in [5.74, 6) is 1.31. The average Bonchev–Trinajstić information content (AvgIpc) is 2.90. The van der Waals surface area contributed by atoms with E-state index in [1.807, 2.05) is 24.3 Å². The Kier molecular flexibility index (Phi) is 7.62. The standard InChI is InChI=1S/C29H33F3N4OS/c1-3-19-15-36-9-7-20(19)13-26(36)27(23-6-8-33-25-5-4-18(16-37)12-24(23)25)35-28(38)34-22-11-17(2)10-21(14-22)29(30,31)32/h4-6,8,10-12,14,19-20,26-27,37H,3,7,9,13,15-16H2,1-2H3,(H2,34,35,38)/t19?,20?,26?,27-/m1/s1. The number of hydrogen-bond acceptors (Lipinski definition) is 4. The molecule has 4 heterocycles. The summed E-state index contributed by atoms with van der Waals surface area (Å²) in [6.07, 6.45) is 0.692. The molecular weight excluding hydrogens is 509 g/mol. The maximum Gasteiger partial charge on any atom is 0.416 e. The Hall–Kier alpha value is -2.75. The number of nitrogens with one attached hydrogen (secondary N) is 2. The molecule has 5 nitrogen and oxygen atoms in total. The van der Waals surface area contributed by atoms with Gasteiger partial charge in [0, 0.05) is 29.9 Å². The van der Waals surface area contributed by atoms with Crippen molar-refractivity contribution in [3.05, 3.63) is 70.9 Å². The first-order valence-electron chi connectivity index (χ1n) is 13.1. The fourth-order valence-electron chi connectivity index (χ4n) is 6.28. The number of fused-ring (bicyclic) bond motifs is 4. The van der Waals surface area contributed by atoms with Crippen LogP contribution in [0.15, 0.2) is 48.7 Å². The van der Waals surface area contributed by atoms with Gasteiger partial charge in [0.15, 0.2) is 5.11 Å². The second kappa shape index (κ2) is 10.8. The number of alkyl halides is 3. The van der Waals surface area contributed by atoms with Gasteiger partial charge in [-0.05, 0) is 103 Å². The van der Waals surface area contributed by atoms with Crippen LogP contribution in [0.3, 0.4) is 0 Å². The van der Waals surface area contributed by atoms with E-state index in [0.717, 1.165) is 60.1 Å². The molecule has 5 atom stereocenters. The molecule has 0 amide bonds. The Morgan fingerprint density at radius 2 is 2.03 bits per heavy atom. The van der Waals surface area contributed by atoms with E-state index < -0.39 is 11.7 Å². The lowest BCUT2D eigenvalue weighted by atomic mass is 9.72. The van der Waals surface area contributed by atoms with Crippen molar-refractivity contribution >= 4 is 33.9 Å². The van der Waals surface area contributed by atoms with Crippen LogP contribution in [0.1, 0.15) is 54.5 Å². The molecule has 2 aromatic carbocycles. The molecular formula is C29H33F3N4OS. The molecule has 3 aliphatic heterocycles. The number of aliphatic hydroxyl groups excluding tert-OH is 1. The monoisotopic (exact) mass is 542 g/mol. The molecule has 2 bridgehead atoms. The van der Waals surface area contributed by atoms with E-state index >= 15 is 0 Å². The first-order valence-corrected chi connectivity index (χ1v) is 13.6. The molecule has 0 spiro atoms. The molecule has 3 aliphatic rings. The minimum Gasteiger partial charge on any atom is -0.392 e. The Morgan fingerprint density at radius 3 is 2.71 bits per heavy atom. The van der Waals surface area contributed by atoms with Crippen molar-refractivity contribution in [2.24, 2.45) is 11.8 Å². The van der Waals surface area contributed by atoms with Gasteiger partial charge >= 0.3 is 6.18 Å². The average molecular weight is 543 g/mol. The number of anilines is 1. The largest absolute Gasteiger partial charge is 0.416 e. The van der Waals surface area contributed by atoms with Gasteiger partial charge in [-0.15, -0.1) is 0 Å². The number of thiocarbonyl (C=S) groups is 1. The highest BCUT2D eigenvalue weighted by Crippen LogP contribution is 2.43. The highest BCUT2D eigenvalue weighted by molar-refractivity contribution is 7.80. The van der Waals surface area contributed by atoms with Gasteiger partial charge in [-0.2, -0.15) is 13.2 Å². The second-order valence-electron chi connectivity index (χ2n) is 10.6. The van der Waals surface area contributed by atoms with Gasteiger partial charge in [0.2, 0.25) is 0 Å². The van der Waals surface area contributed by atoms with Crippen LogP contribution in [0, 0.1) is 18.8 Å². The van der Waals surface area contributed by atoms with Crippen LogP contribution in [0.2, 0.25) is 0 Å². The Balaban J connectivity index is 1.49. The molecule has 202 valence electrons. The highest BCUT2D eigenvalue weighted by atomic mass is 32.1. The number of piperidine rings is 3. The molecule has 3 fully saturated rings. The van der Waals surface area contributed by atoms with Crippen LogP contribution in [0.4, 0.5) is 18.9 Å². The van der Waals surface area contributed by atoms with Crippen molar-refractivity contribution in [2.45, 2.75) is 58.0 Å². The first kappa shape index (κ1) is 26.8. The van der Waals surface area contributed by atoms with Gasteiger partial charge in [-0.25, -0.2) is 0 Å². The normalized spacial score (nSPS) is 23.8. The lowest BCUT2D eigenvalue weighted by Gasteiger charge is -2.52. The van der Waals surface area contributed by atoms with Crippen molar-refractivity contribution in [3.63, 3.8) is 0 Å². The number of aromatic nitrogens is 1. The van der Waals surface area contributed by atoms with Gasteiger partial charge in [0.25, 0.3) is 0 Å². The summed E-state index contributed by atoms with van der Waals surface area (Å²) >= 11 is 5.69. The number of nitrogens with zero attached hydrogens (tertiary/aromatic N) is 2. The molecule has 9 heteroatoms. The minimum absolute atomic E-state index is 0.0763. The van der Waals surface area contributed by atoms with Crippen molar-refractivity contribution in [3.8, 4) is 0 Å². The lowest BCUT2D eigenvalue weighted by Crippen LogP contribution is -2.58. The van der Waals surface area contributed by atoms with E-state index in [9.17, 15) is 18.3 Å². The summed E-state index contributed by atoms with van der Waals surface area (Å²) in [7, 11) is 0. The molecule has 3 saturated heterocycles. The summed E-state index contributed by atoms with van der Waals surface area (Å²) in [5.41, 5.74) is 2.72. The molecule has 3 aromatic rings. The van der Waals surface area contributed by atoms with E-state index in [4.69, 9.17) is 12.2 Å². The van der Waals surface area contributed by atoms with Gasteiger partial charge in [-0.3, -0.25) is 9.88 Å². The van der Waals surface area contributed by atoms with E-state index in [0.29, 0.717) is 23.1 Å². The molecule has 0 aliphatic carbocycles. The number of halogens is 3. The molecule has 1 aromatic heterocycles. The quantitative estimate of drug-likeness (QED) is 0.323. The third-order valence-electron chi connectivity index (χ3n) is 8.15. The van der Waals surface area contributed by atoms with Crippen molar-refractivity contribution < 1.29 is 18.3 Å². The third-order valence-corrected chi connectivity index (χ3v) is 8.37. The summed E-state index contributed by atoms with van der Waals surface area (Å²) in [4.78, 5) is 7.06. The second-order valence-corrected chi connectivity index (χ2v) is 11.0. The van der Waals surface area contributed by atoms with Gasteiger partial charge in [0.05, 0.1) is 23.7 Å². The maximum atomic E-state index is 13.4. The van der Waals surface area contributed by atoms with Crippen LogP contribution in [0.25, 0.3) is 10.9 Å². The van der Waals surface area contributed by atoms with E-state index in [2.05, 4.69) is 27.4 Å². The van der Waals surface area contributed by atoms with Gasteiger partial charge in [-0.1, -0.05) is 19.4 Å². The third kappa shape index (κ3) is 5.51. The van der Waals surface area contributed by atoms with E-state index in [1.165, 1.54) is 6.42 Å². The number of aryl methyl sites for hydroxylation is 1. The zero-order valence-electron chi connectivity index (χ0n) is 21.6. The van der Waals surface area contributed by atoms with Crippen LogP contribution < -0.4 is 10.6 Å². The van der Waals surface area contributed by atoms with Gasteiger partial charge in [0.1, 0.15) is 0 Å². The molecule has 0 radical (unpaired) electrons. The summed E-state index contributed by atoms with van der Waals surface area (Å²) in [5, 5.41) is 17.5. The van der Waals surface area contributed by atoms with E-state index in [1.54, 1.807) is 19.2 Å². The smallest absolute Gasteiger partial charge is 0.392 e. The molecule has 0 saturated carbocycles. The number of rotatable bonds is 6. The lowest BCUT2D eigenvalue weighted by molar-refractivity contribution is -0.137. The molecule has 4 unspecified atom stereocenters. The highest BCUT2D eigenvalue weighted by Gasteiger charge is 2.43. The van der Waals surface area contributed by atoms with Crippen LogP contribution in [-0.4, -0.2) is 39.2 Å².